The second-order valence-electron chi connectivity index (χ2n) is 5.88. The summed E-state index contributed by atoms with van der Waals surface area (Å²) in [6, 6.07) is 21.1. The standard InChI is InChI=1S/C21H18N2O4/c24-18-12-11-15(19(25)13-18)14-22-23-20(26)21(27,16-7-3-1-4-8-16)17-9-5-2-6-10-17/h1-14,24-25,27H,(H,23,26). The Bertz CT molecular complexity index is 917. The molecule has 0 heterocycles. The minimum Gasteiger partial charge on any atom is -0.508 e. The summed E-state index contributed by atoms with van der Waals surface area (Å²) in [5, 5.41) is 34.1. The molecule has 6 nitrogen and oxygen atoms in total. The number of benzene rings is 3. The van der Waals surface area contributed by atoms with Crippen LogP contribution in [-0.4, -0.2) is 27.4 Å². The number of phenols is 2. The number of amides is 1. The lowest BCUT2D eigenvalue weighted by Crippen LogP contribution is -2.43. The van der Waals surface area contributed by atoms with Crippen LogP contribution in [-0.2, 0) is 10.4 Å². The van der Waals surface area contributed by atoms with Crippen LogP contribution in [0.5, 0.6) is 11.5 Å². The van der Waals surface area contributed by atoms with Gasteiger partial charge in [0.2, 0.25) is 0 Å². The summed E-state index contributed by atoms with van der Waals surface area (Å²) in [5.41, 5.74) is 1.48. The van der Waals surface area contributed by atoms with Crippen molar-refractivity contribution in [3.8, 4) is 11.5 Å². The zero-order valence-corrected chi connectivity index (χ0v) is 14.3. The highest BCUT2D eigenvalue weighted by molar-refractivity contribution is 5.91. The maximum atomic E-state index is 12.8. The molecule has 0 radical (unpaired) electrons. The van der Waals surface area contributed by atoms with Gasteiger partial charge >= 0.3 is 0 Å². The zero-order valence-electron chi connectivity index (χ0n) is 14.3. The third kappa shape index (κ3) is 3.80. The average Bonchev–Trinajstić information content (AvgIpc) is 2.70. The van der Waals surface area contributed by atoms with Gasteiger partial charge in [0.05, 0.1) is 6.21 Å². The zero-order chi connectivity index (χ0) is 19.3. The van der Waals surface area contributed by atoms with Gasteiger partial charge in [-0.2, -0.15) is 5.10 Å². The Hall–Kier alpha value is -3.64. The Balaban J connectivity index is 1.89. The number of hydrogen-bond donors (Lipinski definition) is 4. The van der Waals surface area contributed by atoms with Crippen LogP contribution in [0.1, 0.15) is 16.7 Å². The predicted octanol–water partition coefficient (Wildman–Crippen LogP) is 2.48. The van der Waals surface area contributed by atoms with Gasteiger partial charge in [-0.3, -0.25) is 4.79 Å². The molecule has 3 aromatic carbocycles. The van der Waals surface area contributed by atoms with Gasteiger partial charge in [-0.15, -0.1) is 0 Å². The van der Waals surface area contributed by atoms with Crippen LogP contribution >= 0.6 is 0 Å². The van der Waals surface area contributed by atoms with Gasteiger partial charge in [0, 0.05) is 11.6 Å². The van der Waals surface area contributed by atoms with Crippen LogP contribution < -0.4 is 5.43 Å². The first-order valence-electron chi connectivity index (χ1n) is 8.20. The van der Waals surface area contributed by atoms with Gasteiger partial charge in [-0.25, -0.2) is 5.43 Å². The number of rotatable bonds is 5. The summed E-state index contributed by atoms with van der Waals surface area (Å²) < 4.78 is 0. The molecule has 0 aliphatic carbocycles. The van der Waals surface area contributed by atoms with Crippen LogP contribution in [0, 0.1) is 0 Å². The summed E-state index contributed by atoms with van der Waals surface area (Å²) in [4.78, 5) is 12.8. The quantitative estimate of drug-likeness (QED) is 0.414. The molecular formula is C21H18N2O4. The maximum absolute atomic E-state index is 12.8. The number of nitrogens with one attached hydrogen (secondary N) is 1. The van der Waals surface area contributed by atoms with Crippen molar-refractivity contribution in [1.29, 1.82) is 0 Å². The van der Waals surface area contributed by atoms with Crippen LogP contribution in [0.15, 0.2) is 84.0 Å². The highest BCUT2D eigenvalue weighted by atomic mass is 16.3. The molecule has 6 heteroatoms. The molecule has 0 saturated heterocycles. The Morgan fingerprint density at radius 3 is 1.96 bits per heavy atom. The van der Waals surface area contributed by atoms with Crippen LogP contribution in [0.25, 0.3) is 0 Å². The number of aromatic hydroxyl groups is 2. The Morgan fingerprint density at radius 2 is 1.44 bits per heavy atom. The van der Waals surface area contributed by atoms with E-state index in [1.165, 1.54) is 18.3 Å². The first kappa shape index (κ1) is 18.2. The van der Waals surface area contributed by atoms with Crippen molar-refractivity contribution < 1.29 is 20.1 Å². The number of carbonyl (C=O) groups is 1. The van der Waals surface area contributed by atoms with Crippen molar-refractivity contribution >= 4 is 12.1 Å². The van der Waals surface area contributed by atoms with E-state index in [0.29, 0.717) is 16.7 Å². The van der Waals surface area contributed by atoms with Gasteiger partial charge in [-0.05, 0) is 23.3 Å². The van der Waals surface area contributed by atoms with E-state index >= 15 is 0 Å². The molecule has 0 fully saturated rings. The fraction of sp³-hybridized carbons (Fsp3) is 0.0476. The molecule has 136 valence electrons. The third-order valence-corrected chi connectivity index (χ3v) is 4.10. The van der Waals surface area contributed by atoms with Crippen molar-refractivity contribution in [1.82, 2.24) is 5.43 Å². The smallest absolute Gasteiger partial charge is 0.281 e. The number of hydrazone groups is 1. The molecule has 0 spiro atoms. The van der Waals surface area contributed by atoms with E-state index in [9.17, 15) is 20.1 Å². The maximum Gasteiger partial charge on any atom is 0.281 e. The summed E-state index contributed by atoms with van der Waals surface area (Å²) in [6.07, 6.45) is 1.23. The van der Waals surface area contributed by atoms with E-state index in [4.69, 9.17) is 0 Å². The SMILES string of the molecule is O=C(NN=Cc1ccc(O)cc1O)C(O)(c1ccccc1)c1ccccc1. The normalized spacial score (nSPS) is 11.4. The first-order chi connectivity index (χ1) is 13.0. The lowest BCUT2D eigenvalue weighted by Gasteiger charge is -2.27. The lowest BCUT2D eigenvalue weighted by atomic mass is 9.85. The fourth-order valence-corrected chi connectivity index (χ4v) is 2.67. The van der Waals surface area contributed by atoms with Gasteiger partial charge in [0.25, 0.3) is 5.91 Å². The highest BCUT2D eigenvalue weighted by Gasteiger charge is 2.39. The van der Waals surface area contributed by atoms with Gasteiger partial charge in [0.15, 0.2) is 5.60 Å². The fourth-order valence-electron chi connectivity index (χ4n) is 2.67. The highest BCUT2D eigenvalue weighted by Crippen LogP contribution is 2.30. The van der Waals surface area contributed by atoms with Crippen LogP contribution in [0.2, 0.25) is 0 Å². The molecule has 1 amide bonds. The Kier molecular flexibility index (Phi) is 5.19. The first-order valence-corrected chi connectivity index (χ1v) is 8.20. The third-order valence-electron chi connectivity index (χ3n) is 4.10. The van der Waals surface area contributed by atoms with Crippen molar-refractivity contribution in [2.75, 3.05) is 0 Å². The molecule has 0 aromatic heterocycles. The van der Waals surface area contributed by atoms with E-state index in [2.05, 4.69) is 10.5 Å². The number of phenolic OH excluding ortho intramolecular Hbond substituents is 2. The van der Waals surface area contributed by atoms with Gasteiger partial charge in [-0.1, -0.05) is 60.7 Å². The molecule has 27 heavy (non-hydrogen) atoms. The van der Waals surface area contributed by atoms with Gasteiger partial charge in [0.1, 0.15) is 11.5 Å². The molecule has 0 aliphatic rings. The van der Waals surface area contributed by atoms with E-state index in [1.807, 2.05) is 0 Å². The summed E-state index contributed by atoms with van der Waals surface area (Å²) in [7, 11) is 0. The second-order valence-corrected chi connectivity index (χ2v) is 5.88. The lowest BCUT2D eigenvalue weighted by molar-refractivity contribution is -0.136. The number of nitrogens with zero attached hydrogens (tertiary/aromatic N) is 1. The molecule has 0 aliphatic heterocycles. The Labute approximate surface area is 156 Å². The second kappa shape index (κ2) is 7.72. The van der Waals surface area contributed by atoms with Crippen molar-refractivity contribution in [2.24, 2.45) is 5.10 Å². The van der Waals surface area contributed by atoms with E-state index < -0.39 is 11.5 Å². The van der Waals surface area contributed by atoms with Crippen molar-refractivity contribution in [3.05, 3.63) is 95.6 Å². The molecule has 4 N–H and O–H groups in total. The van der Waals surface area contributed by atoms with E-state index in [0.717, 1.165) is 6.07 Å². The number of hydrogen-bond acceptors (Lipinski definition) is 5. The monoisotopic (exact) mass is 362 g/mol. The molecule has 3 rings (SSSR count). The minimum absolute atomic E-state index is 0.0868. The molecule has 0 unspecified atom stereocenters. The minimum atomic E-state index is -1.93. The number of aliphatic hydroxyl groups is 1. The number of carbonyl (C=O) groups excluding carboxylic acids is 1. The molecule has 0 bridgehead atoms. The van der Waals surface area contributed by atoms with Crippen LogP contribution in [0.4, 0.5) is 0 Å². The summed E-state index contributed by atoms with van der Waals surface area (Å²) in [6.45, 7) is 0. The molecule has 0 saturated carbocycles. The van der Waals surface area contributed by atoms with Gasteiger partial charge < -0.3 is 15.3 Å². The van der Waals surface area contributed by atoms with Crippen molar-refractivity contribution in [3.63, 3.8) is 0 Å². The molecule has 0 atom stereocenters. The Morgan fingerprint density at radius 1 is 0.889 bits per heavy atom. The predicted molar refractivity (Wildman–Crippen MR) is 101 cm³/mol. The van der Waals surface area contributed by atoms with E-state index in [1.54, 1.807) is 60.7 Å². The topological polar surface area (TPSA) is 102 Å². The largest absolute Gasteiger partial charge is 0.508 e. The molecular weight excluding hydrogens is 344 g/mol. The average molecular weight is 362 g/mol. The summed E-state index contributed by atoms with van der Waals surface area (Å²) in [5.74, 6) is -1.01. The van der Waals surface area contributed by atoms with E-state index in [-0.39, 0.29) is 11.5 Å². The molecule has 3 aromatic rings. The summed E-state index contributed by atoms with van der Waals surface area (Å²) >= 11 is 0. The van der Waals surface area contributed by atoms with Crippen LogP contribution in [0.3, 0.4) is 0 Å². The van der Waals surface area contributed by atoms with Crippen molar-refractivity contribution in [2.45, 2.75) is 5.60 Å².